The monoisotopic (exact) mass is 436 g/mol. The van der Waals surface area contributed by atoms with Gasteiger partial charge in [-0.2, -0.15) is 0 Å². The van der Waals surface area contributed by atoms with Gasteiger partial charge in [0, 0.05) is 5.56 Å². The summed E-state index contributed by atoms with van der Waals surface area (Å²) in [5, 5.41) is 5.74. The lowest BCUT2D eigenvalue weighted by molar-refractivity contribution is -0.128. The molecule has 6 nitrogen and oxygen atoms in total. The van der Waals surface area contributed by atoms with Gasteiger partial charge < -0.3 is 15.4 Å². The lowest BCUT2D eigenvalue weighted by Gasteiger charge is -2.31. The first-order chi connectivity index (χ1) is 15.3. The fourth-order valence-electron chi connectivity index (χ4n) is 4.18. The van der Waals surface area contributed by atoms with Gasteiger partial charge in [0.25, 0.3) is 5.91 Å². The Morgan fingerprint density at radius 3 is 2.31 bits per heavy atom. The molecule has 0 aliphatic carbocycles. The van der Waals surface area contributed by atoms with Gasteiger partial charge >= 0.3 is 0 Å². The van der Waals surface area contributed by atoms with E-state index in [1.54, 1.807) is 24.3 Å². The predicted octanol–water partition coefficient (Wildman–Crippen LogP) is 3.31. The Hall–Kier alpha value is -2.99. The van der Waals surface area contributed by atoms with Crippen molar-refractivity contribution in [3.8, 4) is 0 Å². The quantitative estimate of drug-likeness (QED) is 0.632. The van der Waals surface area contributed by atoms with E-state index in [0.29, 0.717) is 18.4 Å². The van der Waals surface area contributed by atoms with Crippen molar-refractivity contribution in [2.45, 2.75) is 58.2 Å². The number of Topliss-reactive ketones (excluding diaryl/α,β-unsaturated/α-hetero) is 1. The second-order valence-corrected chi connectivity index (χ2v) is 9.13. The zero-order valence-electron chi connectivity index (χ0n) is 19.0. The highest BCUT2D eigenvalue weighted by Crippen LogP contribution is 2.28. The third-order valence-electron chi connectivity index (χ3n) is 5.80. The summed E-state index contributed by atoms with van der Waals surface area (Å²) < 4.78 is 5.49. The Balaban J connectivity index is 1.77. The van der Waals surface area contributed by atoms with Gasteiger partial charge in [-0.1, -0.05) is 69.3 Å². The van der Waals surface area contributed by atoms with E-state index in [1.807, 2.05) is 31.2 Å². The number of hydrogen-bond acceptors (Lipinski definition) is 4. The van der Waals surface area contributed by atoms with E-state index >= 15 is 0 Å². The molecule has 2 N–H and O–H groups in total. The Labute approximate surface area is 189 Å². The third kappa shape index (κ3) is 6.26. The number of hydrogen-bond donors (Lipinski definition) is 2. The van der Waals surface area contributed by atoms with Crippen LogP contribution in [0.15, 0.2) is 60.7 Å². The molecule has 170 valence electrons. The van der Waals surface area contributed by atoms with Crippen LogP contribution >= 0.6 is 0 Å². The lowest BCUT2D eigenvalue weighted by atomic mass is 9.79. The highest BCUT2D eigenvalue weighted by molar-refractivity contribution is 5.99. The van der Waals surface area contributed by atoms with Crippen molar-refractivity contribution in [2.75, 3.05) is 6.61 Å². The summed E-state index contributed by atoms with van der Waals surface area (Å²) in [5.74, 6) is -0.818. The molecule has 2 aromatic carbocycles. The first-order valence-electron chi connectivity index (χ1n) is 11.1. The number of ether oxygens (including phenoxy) is 1. The molecule has 3 rings (SSSR count). The van der Waals surface area contributed by atoms with Crippen molar-refractivity contribution in [1.82, 2.24) is 10.6 Å². The second kappa shape index (κ2) is 10.6. The van der Waals surface area contributed by atoms with E-state index in [0.717, 1.165) is 12.0 Å². The number of carbonyl (C=O) groups is 3. The number of benzene rings is 2. The van der Waals surface area contributed by atoms with Crippen LogP contribution in [0.25, 0.3) is 0 Å². The summed E-state index contributed by atoms with van der Waals surface area (Å²) in [6, 6.07) is 17.4. The van der Waals surface area contributed by atoms with Gasteiger partial charge in [0.1, 0.15) is 18.7 Å². The van der Waals surface area contributed by atoms with Crippen LogP contribution in [0.5, 0.6) is 0 Å². The average molecular weight is 437 g/mol. The molecule has 32 heavy (non-hydrogen) atoms. The largest absolute Gasteiger partial charge is 0.368 e. The summed E-state index contributed by atoms with van der Waals surface area (Å²) in [6.07, 6.45) is 1.46. The standard InChI is InChI=1S/C26H32N2O4/c1-4-22-23(21(29)17-32-22)28-25(31)20(27-24(30)19-13-9-6-10-14-19)16-26(2,3)15-18-11-7-5-8-12-18/h5-14,20,22-23H,4,15-17H2,1-3H3,(H,27,30)(H,28,31)/t20-,22?,23?/m0/s1. The molecule has 1 fully saturated rings. The van der Waals surface area contributed by atoms with Crippen molar-refractivity contribution in [3.05, 3.63) is 71.8 Å². The molecule has 0 spiro atoms. The van der Waals surface area contributed by atoms with Crippen molar-refractivity contribution < 1.29 is 19.1 Å². The topological polar surface area (TPSA) is 84.5 Å². The molecule has 1 heterocycles. The highest BCUT2D eigenvalue weighted by atomic mass is 16.5. The van der Waals surface area contributed by atoms with E-state index in [9.17, 15) is 14.4 Å². The molecule has 1 saturated heterocycles. The highest BCUT2D eigenvalue weighted by Gasteiger charge is 2.38. The summed E-state index contributed by atoms with van der Waals surface area (Å²) in [6.45, 7) is 6.07. The summed E-state index contributed by atoms with van der Waals surface area (Å²) >= 11 is 0. The van der Waals surface area contributed by atoms with Crippen LogP contribution in [0.2, 0.25) is 0 Å². The molecular formula is C26H32N2O4. The molecule has 6 heteroatoms. The molecule has 2 amide bonds. The minimum atomic E-state index is -0.785. The molecular weight excluding hydrogens is 404 g/mol. The first-order valence-corrected chi connectivity index (χ1v) is 11.1. The molecule has 0 radical (unpaired) electrons. The lowest BCUT2D eigenvalue weighted by Crippen LogP contribution is -2.54. The zero-order chi connectivity index (χ0) is 23.1. The fraction of sp³-hybridized carbons (Fsp3) is 0.423. The van der Waals surface area contributed by atoms with Crippen LogP contribution in [0, 0.1) is 5.41 Å². The van der Waals surface area contributed by atoms with Gasteiger partial charge in [0.05, 0.1) is 6.10 Å². The maximum Gasteiger partial charge on any atom is 0.251 e. The summed E-state index contributed by atoms with van der Waals surface area (Å²) in [4.78, 5) is 38.4. The van der Waals surface area contributed by atoms with Gasteiger partial charge in [-0.3, -0.25) is 14.4 Å². The van der Waals surface area contributed by atoms with E-state index in [2.05, 4.69) is 36.6 Å². The van der Waals surface area contributed by atoms with Crippen LogP contribution in [0.1, 0.15) is 49.5 Å². The Bertz CT molecular complexity index is 927. The van der Waals surface area contributed by atoms with Gasteiger partial charge in [-0.25, -0.2) is 0 Å². The number of nitrogens with one attached hydrogen (secondary N) is 2. The summed E-state index contributed by atoms with van der Waals surface area (Å²) in [5.41, 5.74) is 1.38. The van der Waals surface area contributed by atoms with E-state index in [-0.39, 0.29) is 35.7 Å². The Morgan fingerprint density at radius 2 is 1.69 bits per heavy atom. The zero-order valence-corrected chi connectivity index (χ0v) is 19.0. The minimum absolute atomic E-state index is 0.00396. The number of ketones is 1. The molecule has 2 unspecified atom stereocenters. The van der Waals surface area contributed by atoms with Crippen LogP contribution in [0.3, 0.4) is 0 Å². The van der Waals surface area contributed by atoms with Gasteiger partial charge in [-0.15, -0.1) is 0 Å². The molecule has 1 aliphatic heterocycles. The van der Waals surface area contributed by atoms with Crippen molar-refractivity contribution in [2.24, 2.45) is 5.41 Å². The smallest absolute Gasteiger partial charge is 0.251 e. The number of amides is 2. The first kappa shape index (κ1) is 23.7. The van der Waals surface area contributed by atoms with Crippen LogP contribution in [-0.4, -0.2) is 42.4 Å². The molecule has 0 aromatic heterocycles. The normalized spacial score (nSPS) is 19.4. The third-order valence-corrected chi connectivity index (χ3v) is 5.80. The van der Waals surface area contributed by atoms with Gasteiger partial charge in [-0.05, 0) is 42.4 Å². The van der Waals surface area contributed by atoms with Crippen LogP contribution < -0.4 is 10.6 Å². The fourth-order valence-corrected chi connectivity index (χ4v) is 4.18. The van der Waals surface area contributed by atoms with Gasteiger partial charge in [0.2, 0.25) is 5.91 Å². The molecule has 0 bridgehead atoms. The Morgan fingerprint density at radius 1 is 1.06 bits per heavy atom. The molecule has 1 aliphatic rings. The second-order valence-electron chi connectivity index (χ2n) is 9.13. The van der Waals surface area contributed by atoms with Crippen molar-refractivity contribution in [3.63, 3.8) is 0 Å². The SMILES string of the molecule is CCC1OCC(=O)C1NC(=O)[C@H](CC(C)(C)Cc1ccccc1)NC(=O)c1ccccc1. The van der Waals surface area contributed by atoms with E-state index in [1.165, 1.54) is 0 Å². The maximum atomic E-state index is 13.3. The molecule has 2 aromatic rings. The summed E-state index contributed by atoms with van der Waals surface area (Å²) in [7, 11) is 0. The van der Waals surface area contributed by atoms with Crippen molar-refractivity contribution >= 4 is 17.6 Å². The minimum Gasteiger partial charge on any atom is -0.368 e. The number of carbonyl (C=O) groups excluding carboxylic acids is 3. The van der Waals surface area contributed by atoms with Crippen LogP contribution in [-0.2, 0) is 20.7 Å². The van der Waals surface area contributed by atoms with E-state index < -0.39 is 12.1 Å². The Kier molecular flexibility index (Phi) is 7.80. The molecule has 3 atom stereocenters. The maximum absolute atomic E-state index is 13.3. The predicted molar refractivity (Wildman–Crippen MR) is 123 cm³/mol. The van der Waals surface area contributed by atoms with E-state index in [4.69, 9.17) is 4.74 Å². The van der Waals surface area contributed by atoms with Crippen LogP contribution in [0.4, 0.5) is 0 Å². The van der Waals surface area contributed by atoms with Crippen molar-refractivity contribution in [1.29, 1.82) is 0 Å². The average Bonchev–Trinajstić information content (AvgIpc) is 3.13. The van der Waals surface area contributed by atoms with Gasteiger partial charge in [0.15, 0.2) is 5.78 Å². The number of rotatable bonds is 9. The molecule has 0 saturated carbocycles.